The topological polar surface area (TPSA) is 73.9 Å². The molecule has 1 amide bonds. The fraction of sp³-hybridized carbons (Fsp3) is 0.364. The lowest BCUT2D eigenvalue weighted by molar-refractivity contribution is -0.124. The predicted molar refractivity (Wildman–Crippen MR) is 105 cm³/mol. The van der Waals surface area contributed by atoms with Crippen molar-refractivity contribution in [1.29, 1.82) is 0 Å². The Bertz CT molecular complexity index is 867. The zero-order chi connectivity index (χ0) is 20.3. The molecule has 1 atom stereocenters. The Morgan fingerprint density at radius 3 is 2.43 bits per heavy atom. The van der Waals surface area contributed by atoms with E-state index in [1.54, 1.807) is 12.1 Å². The van der Waals surface area contributed by atoms with E-state index >= 15 is 0 Å². The maximum Gasteiger partial charge on any atom is 0.338 e. The fourth-order valence-electron chi connectivity index (χ4n) is 2.87. The van der Waals surface area contributed by atoms with Crippen molar-refractivity contribution in [1.82, 2.24) is 5.32 Å². The summed E-state index contributed by atoms with van der Waals surface area (Å²) < 4.78 is 15.8. The Balaban J connectivity index is 1.51. The first-order valence-electron chi connectivity index (χ1n) is 9.20. The summed E-state index contributed by atoms with van der Waals surface area (Å²) in [4.78, 5) is 24.3. The molecule has 6 nitrogen and oxygen atoms in total. The van der Waals surface area contributed by atoms with Crippen LogP contribution in [-0.2, 0) is 14.9 Å². The SMILES string of the molecule is CC(NC(=O)COC(=O)c1ccc(C(C)(C)C)cc1)c1ccc2c(c1)OCO2. The van der Waals surface area contributed by atoms with Gasteiger partial charge in [0.2, 0.25) is 6.79 Å². The molecule has 0 aromatic heterocycles. The van der Waals surface area contributed by atoms with Crippen LogP contribution in [0.5, 0.6) is 11.5 Å². The van der Waals surface area contributed by atoms with Gasteiger partial charge in [0, 0.05) is 0 Å². The van der Waals surface area contributed by atoms with Gasteiger partial charge in [0.1, 0.15) is 0 Å². The van der Waals surface area contributed by atoms with Crippen molar-refractivity contribution in [3.63, 3.8) is 0 Å². The zero-order valence-corrected chi connectivity index (χ0v) is 16.6. The van der Waals surface area contributed by atoms with Gasteiger partial charge in [-0.3, -0.25) is 4.79 Å². The van der Waals surface area contributed by atoms with Gasteiger partial charge in [0.05, 0.1) is 11.6 Å². The highest BCUT2D eigenvalue weighted by Gasteiger charge is 2.18. The minimum Gasteiger partial charge on any atom is -0.454 e. The lowest BCUT2D eigenvalue weighted by Crippen LogP contribution is -2.31. The van der Waals surface area contributed by atoms with Crippen LogP contribution in [0.15, 0.2) is 42.5 Å². The predicted octanol–water partition coefficient (Wildman–Crippen LogP) is 3.75. The molecule has 0 fully saturated rings. The average Bonchev–Trinajstić information content (AvgIpc) is 3.13. The van der Waals surface area contributed by atoms with Gasteiger partial charge in [0.15, 0.2) is 18.1 Å². The molecule has 0 radical (unpaired) electrons. The van der Waals surface area contributed by atoms with Crippen molar-refractivity contribution < 1.29 is 23.8 Å². The molecule has 1 unspecified atom stereocenters. The molecule has 2 aromatic carbocycles. The Kier molecular flexibility index (Phi) is 5.58. The van der Waals surface area contributed by atoms with Crippen LogP contribution in [0.3, 0.4) is 0 Å². The molecule has 0 saturated carbocycles. The summed E-state index contributed by atoms with van der Waals surface area (Å²) in [6, 6.07) is 12.5. The summed E-state index contributed by atoms with van der Waals surface area (Å²) in [5.41, 5.74) is 2.43. The van der Waals surface area contributed by atoms with Crippen LogP contribution in [0.2, 0.25) is 0 Å². The van der Waals surface area contributed by atoms with E-state index in [2.05, 4.69) is 26.1 Å². The van der Waals surface area contributed by atoms with Gasteiger partial charge < -0.3 is 19.5 Å². The molecule has 28 heavy (non-hydrogen) atoms. The van der Waals surface area contributed by atoms with E-state index in [1.165, 1.54) is 0 Å². The minimum atomic E-state index is -0.522. The average molecular weight is 383 g/mol. The highest BCUT2D eigenvalue weighted by molar-refractivity contribution is 5.91. The molecule has 148 valence electrons. The van der Waals surface area contributed by atoms with Crippen molar-refractivity contribution in [2.45, 2.75) is 39.2 Å². The number of nitrogens with one attached hydrogen (secondary N) is 1. The Hall–Kier alpha value is -3.02. The second-order valence-electron chi connectivity index (χ2n) is 7.81. The molecule has 1 aliphatic heterocycles. The second kappa shape index (κ2) is 7.92. The van der Waals surface area contributed by atoms with Gasteiger partial charge in [-0.15, -0.1) is 0 Å². The van der Waals surface area contributed by atoms with Crippen LogP contribution in [0.25, 0.3) is 0 Å². The molecule has 0 bridgehead atoms. The maximum absolute atomic E-state index is 12.2. The summed E-state index contributed by atoms with van der Waals surface area (Å²) in [6.07, 6.45) is 0. The number of rotatable bonds is 5. The third-order valence-electron chi connectivity index (χ3n) is 4.60. The van der Waals surface area contributed by atoms with Gasteiger partial charge in [-0.25, -0.2) is 4.79 Å². The van der Waals surface area contributed by atoms with Crippen molar-refractivity contribution >= 4 is 11.9 Å². The summed E-state index contributed by atoms with van der Waals surface area (Å²) >= 11 is 0. The first kappa shape index (κ1) is 19.7. The largest absolute Gasteiger partial charge is 0.454 e. The van der Waals surface area contributed by atoms with Crippen molar-refractivity contribution in [3.05, 3.63) is 59.2 Å². The smallest absolute Gasteiger partial charge is 0.338 e. The highest BCUT2D eigenvalue weighted by atomic mass is 16.7. The molecule has 0 aliphatic carbocycles. The highest BCUT2D eigenvalue weighted by Crippen LogP contribution is 2.34. The number of esters is 1. The molecule has 1 aliphatic rings. The van der Waals surface area contributed by atoms with Gasteiger partial charge in [-0.1, -0.05) is 39.0 Å². The Labute approximate surface area is 164 Å². The number of amides is 1. The van der Waals surface area contributed by atoms with E-state index in [1.807, 2.05) is 37.3 Å². The molecular weight excluding hydrogens is 358 g/mol. The van der Waals surface area contributed by atoms with Gasteiger partial charge in [-0.05, 0) is 47.7 Å². The first-order valence-corrected chi connectivity index (χ1v) is 9.20. The molecule has 0 spiro atoms. The third kappa shape index (κ3) is 4.63. The van der Waals surface area contributed by atoms with Gasteiger partial charge in [0.25, 0.3) is 5.91 Å². The van der Waals surface area contributed by atoms with E-state index in [0.29, 0.717) is 17.1 Å². The minimum absolute atomic E-state index is 0.00712. The Morgan fingerprint density at radius 1 is 1.07 bits per heavy atom. The van der Waals surface area contributed by atoms with Crippen LogP contribution in [0.1, 0.15) is 55.2 Å². The van der Waals surface area contributed by atoms with Gasteiger partial charge >= 0.3 is 5.97 Å². The van der Waals surface area contributed by atoms with E-state index in [-0.39, 0.29) is 30.8 Å². The second-order valence-corrected chi connectivity index (χ2v) is 7.81. The monoisotopic (exact) mass is 383 g/mol. The van der Waals surface area contributed by atoms with Crippen LogP contribution in [-0.4, -0.2) is 25.3 Å². The zero-order valence-electron chi connectivity index (χ0n) is 16.6. The molecular formula is C22H25NO5. The maximum atomic E-state index is 12.2. The number of hydrogen-bond acceptors (Lipinski definition) is 5. The van der Waals surface area contributed by atoms with Gasteiger partial charge in [-0.2, -0.15) is 0 Å². The van der Waals surface area contributed by atoms with Crippen LogP contribution in [0, 0.1) is 0 Å². The summed E-state index contributed by atoms with van der Waals surface area (Å²) in [6.45, 7) is 8.02. The van der Waals surface area contributed by atoms with Crippen molar-refractivity contribution in [2.24, 2.45) is 0 Å². The summed E-state index contributed by atoms with van der Waals surface area (Å²) in [5.74, 6) is 0.452. The van der Waals surface area contributed by atoms with E-state index in [0.717, 1.165) is 11.1 Å². The van der Waals surface area contributed by atoms with E-state index in [9.17, 15) is 9.59 Å². The quantitative estimate of drug-likeness (QED) is 0.796. The number of ether oxygens (including phenoxy) is 3. The summed E-state index contributed by atoms with van der Waals surface area (Å²) in [5, 5.41) is 2.81. The molecule has 2 aromatic rings. The molecule has 3 rings (SSSR count). The molecule has 6 heteroatoms. The molecule has 1 heterocycles. The number of carbonyl (C=O) groups is 2. The number of carbonyl (C=O) groups excluding carboxylic acids is 2. The fourth-order valence-corrected chi connectivity index (χ4v) is 2.87. The first-order chi connectivity index (χ1) is 13.2. The summed E-state index contributed by atoms with van der Waals surface area (Å²) in [7, 11) is 0. The number of hydrogen-bond donors (Lipinski definition) is 1. The molecule has 0 saturated heterocycles. The van der Waals surface area contributed by atoms with Crippen LogP contribution >= 0.6 is 0 Å². The standard InChI is InChI=1S/C22H25NO5/c1-14(16-7-10-18-19(11-16)28-13-27-18)23-20(24)12-26-21(25)15-5-8-17(9-6-15)22(2,3)4/h5-11,14H,12-13H2,1-4H3,(H,23,24). The Morgan fingerprint density at radius 2 is 1.75 bits per heavy atom. The van der Waals surface area contributed by atoms with Crippen molar-refractivity contribution in [2.75, 3.05) is 13.4 Å². The molecule has 1 N–H and O–H groups in total. The van der Waals surface area contributed by atoms with E-state index < -0.39 is 5.97 Å². The van der Waals surface area contributed by atoms with Crippen LogP contribution < -0.4 is 14.8 Å². The lowest BCUT2D eigenvalue weighted by Gasteiger charge is -2.19. The van der Waals surface area contributed by atoms with Crippen molar-refractivity contribution in [3.8, 4) is 11.5 Å². The third-order valence-corrected chi connectivity index (χ3v) is 4.60. The number of fused-ring (bicyclic) bond motifs is 1. The van der Waals surface area contributed by atoms with Crippen LogP contribution in [0.4, 0.5) is 0 Å². The lowest BCUT2D eigenvalue weighted by atomic mass is 9.87. The number of benzene rings is 2. The normalized spacial score (nSPS) is 13.7. The van der Waals surface area contributed by atoms with E-state index in [4.69, 9.17) is 14.2 Å².